The van der Waals surface area contributed by atoms with E-state index in [4.69, 9.17) is 10.8 Å². The highest BCUT2D eigenvalue weighted by molar-refractivity contribution is 5.67. The van der Waals surface area contributed by atoms with E-state index in [-0.39, 0.29) is 17.9 Å². The standard InChI is InChI=1S/C11H21NO2/c1-8(12)11(2,7-10(13)14)6-9-4-3-5-9/h8-9H,3-7,12H2,1-2H3,(H,13,14). The molecule has 0 aromatic rings. The molecule has 0 amide bonds. The molecule has 0 aromatic heterocycles. The van der Waals surface area contributed by atoms with E-state index < -0.39 is 5.97 Å². The van der Waals surface area contributed by atoms with Gasteiger partial charge in [-0.1, -0.05) is 26.2 Å². The first kappa shape index (κ1) is 11.5. The van der Waals surface area contributed by atoms with Gasteiger partial charge in [-0.3, -0.25) is 4.79 Å². The Kier molecular flexibility index (Phi) is 3.53. The van der Waals surface area contributed by atoms with E-state index in [9.17, 15) is 4.79 Å². The van der Waals surface area contributed by atoms with Crippen LogP contribution in [0.1, 0.15) is 46.0 Å². The first-order valence-electron chi connectivity index (χ1n) is 5.41. The SMILES string of the molecule is CC(N)C(C)(CC(=O)O)CC1CCC1. The monoisotopic (exact) mass is 199 g/mol. The predicted octanol–water partition coefficient (Wildman–Crippen LogP) is 2.00. The van der Waals surface area contributed by atoms with E-state index in [1.165, 1.54) is 19.3 Å². The van der Waals surface area contributed by atoms with Crippen LogP contribution in [0.3, 0.4) is 0 Å². The molecule has 82 valence electrons. The fourth-order valence-electron chi connectivity index (χ4n) is 2.12. The summed E-state index contributed by atoms with van der Waals surface area (Å²) in [4.78, 5) is 10.8. The maximum absolute atomic E-state index is 10.8. The maximum atomic E-state index is 10.8. The molecule has 0 spiro atoms. The second-order valence-corrected chi connectivity index (χ2v) is 5.01. The van der Waals surface area contributed by atoms with Gasteiger partial charge in [0, 0.05) is 6.04 Å². The molecule has 3 nitrogen and oxygen atoms in total. The lowest BCUT2D eigenvalue weighted by Crippen LogP contribution is -2.41. The topological polar surface area (TPSA) is 63.3 Å². The average molecular weight is 199 g/mol. The van der Waals surface area contributed by atoms with Crippen molar-refractivity contribution < 1.29 is 9.90 Å². The number of nitrogens with two attached hydrogens (primary N) is 1. The van der Waals surface area contributed by atoms with Gasteiger partial charge in [0.15, 0.2) is 0 Å². The summed E-state index contributed by atoms with van der Waals surface area (Å²) in [6.07, 6.45) is 4.97. The minimum atomic E-state index is -0.732. The number of hydrogen-bond donors (Lipinski definition) is 2. The summed E-state index contributed by atoms with van der Waals surface area (Å²) in [6.45, 7) is 3.92. The summed E-state index contributed by atoms with van der Waals surface area (Å²) < 4.78 is 0. The molecule has 1 aliphatic carbocycles. The normalized spacial score (nSPS) is 23.6. The van der Waals surface area contributed by atoms with Gasteiger partial charge in [0.05, 0.1) is 6.42 Å². The number of carbonyl (C=O) groups is 1. The molecule has 0 bridgehead atoms. The Labute approximate surface area is 85.7 Å². The van der Waals surface area contributed by atoms with Gasteiger partial charge < -0.3 is 10.8 Å². The molecule has 0 aromatic carbocycles. The second kappa shape index (κ2) is 4.30. The molecule has 2 atom stereocenters. The average Bonchev–Trinajstić information content (AvgIpc) is 1.95. The Bertz CT molecular complexity index is 211. The molecule has 0 saturated heterocycles. The molecule has 3 N–H and O–H groups in total. The van der Waals surface area contributed by atoms with Crippen LogP contribution in [0.4, 0.5) is 0 Å². The van der Waals surface area contributed by atoms with Crippen LogP contribution in [0.5, 0.6) is 0 Å². The largest absolute Gasteiger partial charge is 0.481 e. The minimum Gasteiger partial charge on any atom is -0.481 e. The zero-order valence-corrected chi connectivity index (χ0v) is 9.12. The third-order valence-electron chi connectivity index (χ3n) is 3.63. The van der Waals surface area contributed by atoms with E-state index in [2.05, 4.69) is 0 Å². The summed E-state index contributed by atoms with van der Waals surface area (Å²) in [5.74, 6) is -0.0190. The van der Waals surface area contributed by atoms with Gasteiger partial charge in [-0.25, -0.2) is 0 Å². The molecule has 14 heavy (non-hydrogen) atoms. The van der Waals surface area contributed by atoms with Gasteiger partial charge in [0.25, 0.3) is 0 Å². The molecule has 0 radical (unpaired) electrons. The van der Waals surface area contributed by atoms with Crippen LogP contribution < -0.4 is 5.73 Å². The van der Waals surface area contributed by atoms with Crippen LogP contribution in [-0.4, -0.2) is 17.1 Å². The van der Waals surface area contributed by atoms with E-state index in [0.717, 1.165) is 6.42 Å². The van der Waals surface area contributed by atoms with Crippen LogP contribution in [0.2, 0.25) is 0 Å². The third-order valence-corrected chi connectivity index (χ3v) is 3.63. The Morgan fingerprint density at radius 1 is 1.64 bits per heavy atom. The van der Waals surface area contributed by atoms with Crippen molar-refractivity contribution in [1.29, 1.82) is 0 Å². The summed E-state index contributed by atoms with van der Waals surface area (Å²) in [6, 6.07) is -0.0424. The van der Waals surface area contributed by atoms with Crippen LogP contribution >= 0.6 is 0 Å². The first-order valence-corrected chi connectivity index (χ1v) is 5.41. The quantitative estimate of drug-likeness (QED) is 0.712. The fourth-order valence-corrected chi connectivity index (χ4v) is 2.12. The highest BCUT2D eigenvalue weighted by atomic mass is 16.4. The van der Waals surface area contributed by atoms with Crippen molar-refractivity contribution in [2.45, 2.75) is 52.0 Å². The molecule has 1 saturated carbocycles. The van der Waals surface area contributed by atoms with Crippen molar-refractivity contribution in [2.24, 2.45) is 17.1 Å². The van der Waals surface area contributed by atoms with E-state index >= 15 is 0 Å². The number of rotatable bonds is 5. The second-order valence-electron chi connectivity index (χ2n) is 5.01. The molecule has 1 aliphatic rings. The van der Waals surface area contributed by atoms with Crippen molar-refractivity contribution in [3.8, 4) is 0 Å². The van der Waals surface area contributed by atoms with E-state index in [0.29, 0.717) is 5.92 Å². The van der Waals surface area contributed by atoms with Crippen molar-refractivity contribution in [3.05, 3.63) is 0 Å². The van der Waals surface area contributed by atoms with Gasteiger partial charge in [0.2, 0.25) is 0 Å². The minimum absolute atomic E-state index is 0.0424. The zero-order chi connectivity index (χ0) is 10.8. The smallest absolute Gasteiger partial charge is 0.303 e. The summed E-state index contributed by atoms with van der Waals surface area (Å²) >= 11 is 0. The van der Waals surface area contributed by atoms with Gasteiger partial charge in [-0.2, -0.15) is 0 Å². The Hall–Kier alpha value is -0.570. The Morgan fingerprint density at radius 3 is 2.50 bits per heavy atom. The van der Waals surface area contributed by atoms with E-state index in [1.807, 2.05) is 13.8 Å². The summed E-state index contributed by atoms with van der Waals surface area (Å²) in [5.41, 5.74) is 5.66. The maximum Gasteiger partial charge on any atom is 0.303 e. The number of aliphatic carboxylic acids is 1. The van der Waals surface area contributed by atoms with Crippen LogP contribution in [0, 0.1) is 11.3 Å². The highest BCUT2D eigenvalue weighted by Gasteiger charge is 2.35. The molecule has 0 heterocycles. The summed E-state index contributed by atoms with van der Waals surface area (Å²) in [7, 11) is 0. The molecule has 2 unspecified atom stereocenters. The molecule has 1 fully saturated rings. The third kappa shape index (κ3) is 2.71. The molecular weight excluding hydrogens is 178 g/mol. The molecule has 0 aliphatic heterocycles. The van der Waals surface area contributed by atoms with Gasteiger partial charge in [-0.05, 0) is 24.7 Å². The van der Waals surface area contributed by atoms with Crippen molar-refractivity contribution >= 4 is 5.97 Å². The highest BCUT2D eigenvalue weighted by Crippen LogP contribution is 2.40. The van der Waals surface area contributed by atoms with E-state index in [1.54, 1.807) is 0 Å². The Balaban J connectivity index is 2.54. The lowest BCUT2D eigenvalue weighted by atomic mass is 9.68. The fraction of sp³-hybridized carbons (Fsp3) is 0.909. The van der Waals surface area contributed by atoms with Gasteiger partial charge in [-0.15, -0.1) is 0 Å². The lowest BCUT2D eigenvalue weighted by Gasteiger charge is -2.38. The lowest BCUT2D eigenvalue weighted by molar-refractivity contribution is -0.140. The Morgan fingerprint density at radius 2 is 2.21 bits per heavy atom. The van der Waals surface area contributed by atoms with Gasteiger partial charge in [0.1, 0.15) is 0 Å². The zero-order valence-electron chi connectivity index (χ0n) is 9.12. The number of hydrogen-bond acceptors (Lipinski definition) is 2. The van der Waals surface area contributed by atoms with Crippen molar-refractivity contribution in [2.75, 3.05) is 0 Å². The number of carboxylic acid groups (broad SMARTS) is 1. The van der Waals surface area contributed by atoms with Crippen LogP contribution in [-0.2, 0) is 4.79 Å². The van der Waals surface area contributed by atoms with Crippen LogP contribution in [0.15, 0.2) is 0 Å². The first-order chi connectivity index (χ1) is 6.44. The predicted molar refractivity (Wildman–Crippen MR) is 56.0 cm³/mol. The molecule has 3 heteroatoms. The summed E-state index contributed by atoms with van der Waals surface area (Å²) in [5, 5.41) is 8.85. The number of carboxylic acids is 1. The molecule has 1 rings (SSSR count). The van der Waals surface area contributed by atoms with Crippen molar-refractivity contribution in [3.63, 3.8) is 0 Å². The van der Waals surface area contributed by atoms with Crippen molar-refractivity contribution in [1.82, 2.24) is 0 Å². The van der Waals surface area contributed by atoms with Crippen LogP contribution in [0.25, 0.3) is 0 Å². The van der Waals surface area contributed by atoms with Gasteiger partial charge >= 0.3 is 5.97 Å². The molecular formula is C11H21NO2.